The van der Waals surface area contributed by atoms with E-state index in [1.54, 1.807) is 0 Å². The summed E-state index contributed by atoms with van der Waals surface area (Å²) in [5, 5.41) is 23.6. The molecule has 0 fully saturated rings. The van der Waals surface area contributed by atoms with Gasteiger partial charge in [0.2, 0.25) is 11.4 Å². The molecule has 0 saturated carbocycles. The largest absolute Gasteiger partial charge is 0.499 e. The lowest BCUT2D eigenvalue weighted by atomic mass is 9.69. The van der Waals surface area contributed by atoms with Crippen LogP contribution in [0.15, 0.2) is 11.5 Å². The first kappa shape index (κ1) is 42.8. The molecule has 0 bridgehead atoms. The second-order valence-electron chi connectivity index (χ2n) is 14.0. The van der Waals surface area contributed by atoms with Gasteiger partial charge in [0.25, 0.3) is 0 Å². The lowest BCUT2D eigenvalue weighted by Crippen LogP contribution is -2.64. The third-order valence-electron chi connectivity index (χ3n) is 9.98. The molecule has 0 spiro atoms. The van der Waals surface area contributed by atoms with E-state index >= 15 is 0 Å². The van der Waals surface area contributed by atoms with E-state index < -0.39 is 29.0 Å². The van der Waals surface area contributed by atoms with Crippen molar-refractivity contribution in [3.63, 3.8) is 0 Å². The third-order valence-corrected chi connectivity index (χ3v) is 9.98. The predicted octanol–water partition coefficient (Wildman–Crippen LogP) is 11.8. The molecule has 0 aliphatic carbocycles. The van der Waals surface area contributed by atoms with Crippen LogP contribution in [0.3, 0.4) is 0 Å². The zero-order valence-electron chi connectivity index (χ0n) is 31.1. The van der Waals surface area contributed by atoms with E-state index in [9.17, 15) is 15.0 Å². The Kier molecular flexibility index (Phi) is 24.8. The van der Waals surface area contributed by atoms with Crippen LogP contribution < -0.4 is 0 Å². The Labute approximate surface area is 284 Å². The van der Waals surface area contributed by atoms with Gasteiger partial charge in [0, 0.05) is 6.61 Å². The smallest absolute Gasteiger partial charge is 0.378 e. The number of aliphatic hydroxyl groups is 2. The number of rotatable bonds is 33. The Bertz CT molecular complexity index is 782. The minimum absolute atomic E-state index is 0.216. The van der Waals surface area contributed by atoms with Gasteiger partial charge in [-0.2, -0.15) is 0 Å². The Morgan fingerprint density at radius 1 is 0.630 bits per heavy atom. The van der Waals surface area contributed by atoms with Gasteiger partial charge in [-0.25, -0.2) is 4.79 Å². The van der Waals surface area contributed by atoms with E-state index in [4.69, 9.17) is 14.2 Å². The molecule has 3 atom stereocenters. The van der Waals surface area contributed by atoms with Gasteiger partial charge in [-0.3, -0.25) is 0 Å². The second kappa shape index (κ2) is 26.7. The molecule has 1 heterocycles. The minimum atomic E-state index is -1.34. The first-order valence-electron chi connectivity index (χ1n) is 20.0. The molecule has 1 aliphatic heterocycles. The topological polar surface area (TPSA) is 85.2 Å². The van der Waals surface area contributed by atoms with Crippen molar-refractivity contribution in [3.8, 4) is 0 Å². The average Bonchev–Trinajstić information content (AvgIpc) is 3.30. The van der Waals surface area contributed by atoms with E-state index in [-0.39, 0.29) is 5.76 Å². The summed E-state index contributed by atoms with van der Waals surface area (Å²) in [6.07, 6.45) is 26.6. The van der Waals surface area contributed by atoms with Gasteiger partial charge in [0.1, 0.15) is 5.60 Å². The summed E-state index contributed by atoms with van der Waals surface area (Å²) in [5.41, 5.74) is -2.52. The van der Waals surface area contributed by atoms with Gasteiger partial charge in [-0.15, -0.1) is 0 Å². The van der Waals surface area contributed by atoms with Crippen molar-refractivity contribution in [2.24, 2.45) is 0 Å². The monoisotopic (exact) mass is 653 g/mol. The minimum Gasteiger partial charge on any atom is -0.499 e. The molecular weight excluding hydrogens is 576 g/mol. The summed E-state index contributed by atoms with van der Waals surface area (Å²) in [6, 6.07) is 0. The van der Waals surface area contributed by atoms with Crippen molar-refractivity contribution in [2.45, 2.75) is 225 Å². The molecule has 0 aromatic carbocycles. The van der Waals surface area contributed by atoms with Crippen molar-refractivity contribution in [1.29, 1.82) is 0 Å². The normalized spacial score (nSPS) is 18.6. The van der Waals surface area contributed by atoms with Crippen LogP contribution in [0.1, 0.15) is 208 Å². The van der Waals surface area contributed by atoms with E-state index in [1.165, 1.54) is 32.1 Å². The van der Waals surface area contributed by atoms with Crippen molar-refractivity contribution in [2.75, 3.05) is 13.2 Å². The SMILES string of the molecule is CCCCCCCCCCOC1=C(O)C(=O)O[C@]1(CCCCCC)[C@@](CCCCCC)(OCCCCCC)C(O)CCCCCC. The molecule has 0 aromatic heterocycles. The van der Waals surface area contributed by atoms with Gasteiger partial charge < -0.3 is 24.4 Å². The molecule has 272 valence electrons. The molecule has 0 saturated heterocycles. The maximum Gasteiger partial charge on any atom is 0.378 e. The fourth-order valence-corrected chi connectivity index (χ4v) is 7.11. The summed E-state index contributed by atoms with van der Waals surface area (Å²) in [5.74, 6) is -0.957. The van der Waals surface area contributed by atoms with Crippen LogP contribution in [-0.4, -0.2) is 46.7 Å². The van der Waals surface area contributed by atoms with E-state index in [0.717, 1.165) is 122 Å². The van der Waals surface area contributed by atoms with Crippen LogP contribution in [-0.2, 0) is 19.0 Å². The van der Waals surface area contributed by atoms with Crippen molar-refractivity contribution >= 4 is 5.97 Å². The van der Waals surface area contributed by atoms with E-state index in [1.807, 2.05) is 0 Å². The van der Waals surface area contributed by atoms with Gasteiger partial charge >= 0.3 is 5.97 Å². The average molecular weight is 653 g/mol. The highest BCUT2D eigenvalue weighted by Gasteiger charge is 2.66. The molecule has 6 heteroatoms. The molecule has 1 rings (SSSR count). The summed E-state index contributed by atoms with van der Waals surface area (Å²) in [6.45, 7) is 11.9. The Balaban J connectivity index is 3.46. The molecule has 1 aliphatic rings. The predicted molar refractivity (Wildman–Crippen MR) is 192 cm³/mol. The van der Waals surface area contributed by atoms with Crippen molar-refractivity contribution in [1.82, 2.24) is 0 Å². The van der Waals surface area contributed by atoms with Crippen LogP contribution in [0.25, 0.3) is 0 Å². The van der Waals surface area contributed by atoms with Crippen molar-refractivity contribution in [3.05, 3.63) is 11.5 Å². The third kappa shape index (κ3) is 14.5. The highest BCUT2D eigenvalue weighted by molar-refractivity contribution is 5.90. The highest BCUT2D eigenvalue weighted by atomic mass is 16.6. The van der Waals surface area contributed by atoms with Crippen LogP contribution in [0.5, 0.6) is 0 Å². The molecule has 0 radical (unpaired) electrons. The highest BCUT2D eigenvalue weighted by Crippen LogP contribution is 2.51. The molecule has 1 unspecified atom stereocenters. The van der Waals surface area contributed by atoms with Gasteiger partial charge in [0.05, 0.1) is 12.7 Å². The van der Waals surface area contributed by atoms with Crippen LogP contribution in [0.4, 0.5) is 0 Å². The van der Waals surface area contributed by atoms with Crippen LogP contribution >= 0.6 is 0 Å². The number of cyclic esters (lactones) is 1. The number of unbranched alkanes of at least 4 members (excludes halogenated alkanes) is 19. The molecule has 0 amide bonds. The summed E-state index contributed by atoms with van der Waals surface area (Å²) >= 11 is 0. The first-order chi connectivity index (χ1) is 22.4. The van der Waals surface area contributed by atoms with Gasteiger partial charge in [0.15, 0.2) is 5.76 Å². The van der Waals surface area contributed by atoms with E-state index in [0.29, 0.717) is 32.5 Å². The molecule has 0 aromatic rings. The van der Waals surface area contributed by atoms with E-state index in [2.05, 4.69) is 34.6 Å². The summed E-state index contributed by atoms with van der Waals surface area (Å²) in [7, 11) is 0. The molecular formula is C40H76O6. The summed E-state index contributed by atoms with van der Waals surface area (Å²) in [4.78, 5) is 13.4. The first-order valence-corrected chi connectivity index (χ1v) is 20.0. The zero-order valence-corrected chi connectivity index (χ0v) is 31.1. The Morgan fingerprint density at radius 3 is 1.67 bits per heavy atom. The number of carbonyl (C=O) groups excluding carboxylic acids is 1. The maximum atomic E-state index is 13.4. The van der Waals surface area contributed by atoms with Crippen LogP contribution in [0, 0.1) is 0 Å². The maximum absolute atomic E-state index is 13.4. The Morgan fingerprint density at radius 2 is 1.09 bits per heavy atom. The fraction of sp³-hybridized carbons (Fsp3) is 0.925. The second-order valence-corrected chi connectivity index (χ2v) is 14.0. The number of hydrogen-bond donors (Lipinski definition) is 2. The van der Waals surface area contributed by atoms with Crippen molar-refractivity contribution < 1.29 is 29.2 Å². The quantitative estimate of drug-likeness (QED) is 0.0542. The molecule has 2 N–H and O–H groups in total. The lowest BCUT2D eigenvalue weighted by molar-refractivity contribution is -0.241. The fourth-order valence-electron chi connectivity index (χ4n) is 7.11. The van der Waals surface area contributed by atoms with Crippen LogP contribution in [0.2, 0.25) is 0 Å². The number of aliphatic hydroxyl groups excluding tert-OH is 2. The van der Waals surface area contributed by atoms with Gasteiger partial charge in [-0.05, 0) is 38.5 Å². The van der Waals surface area contributed by atoms with Gasteiger partial charge in [-0.1, -0.05) is 169 Å². The standard InChI is InChI=1S/C40H76O6/c1-6-11-16-21-22-23-24-28-33-44-37-36(42)38(43)46-40(37,32-27-19-14-9-4)39(31-26-18-13-8-3,45-34-29-20-15-10-5)35(41)30-25-17-12-7-2/h35,41-42H,6-34H2,1-5H3/t35?,39-,40-/m0/s1. The number of esters is 1. The zero-order chi connectivity index (χ0) is 33.9. The summed E-state index contributed by atoms with van der Waals surface area (Å²) < 4.78 is 19.8. The number of ether oxygens (including phenoxy) is 3. The lowest BCUT2D eigenvalue weighted by Gasteiger charge is -2.50. The number of hydrogen-bond acceptors (Lipinski definition) is 6. The molecule has 46 heavy (non-hydrogen) atoms. The number of carbonyl (C=O) groups is 1. The molecule has 6 nitrogen and oxygen atoms in total. The Hall–Kier alpha value is -1.27.